The molecule has 1 saturated carbocycles. The zero-order chi connectivity index (χ0) is 32.6. The van der Waals surface area contributed by atoms with E-state index in [9.17, 15) is 18.8 Å². The summed E-state index contributed by atoms with van der Waals surface area (Å²) in [6, 6.07) is 19.8. The molecule has 3 aromatic carbocycles. The van der Waals surface area contributed by atoms with Gasteiger partial charge in [0.2, 0.25) is 0 Å². The van der Waals surface area contributed by atoms with Crippen LogP contribution >= 0.6 is 0 Å². The van der Waals surface area contributed by atoms with Crippen molar-refractivity contribution in [2.45, 2.75) is 90.5 Å². The predicted molar refractivity (Wildman–Crippen MR) is 172 cm³/mol. The van der Waals surface area contributed by atoms with Crippen LogP contribution in [0, 0.1) is 12.7 Å². The molecular weight excluding hydrogens is 573 g/mol. The van der Waals surface area contributed by atoms with Crippen molar-refractivity contribution >= 4 is 29.4 Å². The molecule has 3 aromatic rings. The van der Waals surface area contributed by atoms with E-state index in [-0.39, 0.29) is 42.9 Å². The Morgan fingerprint density at radius 1 is 0.978 bits per heavy atom. The number of Topliss-reactive ketones (excluding diaryl/α,β-unsaturated/α-hetero) is 1. The highest BCUT2D eigenvalue weighted by Crippen LogP contribution is 2.25. The van der Waals surface area contributed by atoms with Crippen molar-refractivity contribution in [3.8, 4) is 0 Å². The molecule has 1 aliphatic carbocycles. The molecule has 9 heteroatoms. The number of amidine groups is 1. The third-order valence-electron chi connectivity index (χ3n) is 7.52. The minimum Gasteiger partial charge on any atom is -0.461 e. The van der Waals surface area contributed by atoms with Crippen LogP contribution in [0.15, 0.2) is 77.8 Å². The van der Waals surface area contributed by atoms with E-state index in [4.69, 9.17) is 15.2 Å². The number of nitrogens with zero attached hydrogens (tertiary/aromatic N) is 2. The van der Waals surface area contributed by atoms with Crippen LogP contribution in [0.2, 0.25) is 0 Å². The molecule has 4 rings (SSSR count). The average molecular weight is 616 g/mol. The maximum atomic E-state index is 13.7. The molecule has 1 amide bonds. The number of carbonyl (C=O) groups excluding carboxylic acids is 3. The topological polar surface area (TPSA) is 111 Å². The molecule has 1 fully saturated rings. The first-order valence-electron chi connectivity index (χ1n) is 15.3. The van der Waals surface area contributed by atoms with Crippen molar-refractivity contribution in [3.05, 3.63) is 101 Å². The van der Waals surface area contributed by atoms with Gasteiger partial charge in [-0.05, 0) is 100 Å². The first-order valence-corrected chi connectivity index (χ1v) is 15.3. The van der Waals surface area contributed by atoms with Crippen LogP contribution in [0.5, 0.6) is 0 Å². The van der Waals surface area contributed by atoms with Gasteiger partial charge in [-0.3, -0.25) is 9.69 Å². The summed E-state index contributed by atoms with van der Waals surface area (Å²) in [5.41, 5.74) is 8.19. The summed E-state index contributed by atoms with van der Waals surface area (Å²) in [5, 5.41) is 0. The van der Waals surface area contributed by atoms with Crippen molar-refractivity contribution in [1.29, 1.82) is 0 Å². The second-order valence-electron chi connectivity index (χ2n) is 12.5. The fraction of sp³-hybridized carbons (Fsp3) is 0.389. The van der Waals surface area contributed by atoms with Gasteiger partial charge < -0.3 is 15.2 Å². The van der Waals surface area contributed by atoms with Gasteiger partial charge >= 0.3 is 12.1 Å². The SMILES string of the molecule is Cc1cc(C(=O)CC(N)=Nc2ccc(CN(C(=O)OC(C)(C)C)C(Cc3ccccc3)C(=O)OC3CCCC3)cc2)ccc1F. The molecule has 0 radical (unpaired) electrons. The number of aryl methyl sites for hydroxylation is 1. The summed E-state index contributed by atoms with van der Waals surface area (Å²) < 4.78 is 25.3. The minimum atomic E-state index is -0.905. The first-order chi connectivity index (χ1) is 21.4. The van der Waals surface area contributed by atoms with Crippen LogP contribution in [0.1, 0.15) is 79.9 Å². The van der Waals surface area contributed by atoms with Crippen LogP contribution < -0.4 is 5.73 Å². The van der Waals surface area contributed by atoms with Crippen LogP contribution in [-0.2, 0) is 27.2 Å². The van der Waals surface area contributed by atoms with Gasteiger partial charge in [-0.2, -0.15) is 0 Å². The summed E-state index contributed by atoms with van der Waals surface area (Å²) in [6.07, 6.45) is 3.03. The van der Waals surface area contributed by atoms with Gasteiger partial charge in [0.1, 0.15) is 29.4 Å². The molecule has 0 bridgehead atoms. The highest BCUT2D eigenvalue weighted by Gasteiger charge is 2.36. The molecule has 1 unspecified atom stereocenters. The molecule has 0 aromatic heterocycles. The molecule has 2 N–H and O–H groups in total. The number of nitrogens with two attached hydrogens (primary N) is 1. The fourth-order valence-corrected chi connectivity index (χ4v) is 5.19. The Hall–Kier alpha value is -4.53. The largest absolute Gasteiger partial charge is 0.461 e. The molecule has 0 saturated heterocycles. The lowest BCUT2D eigenvalue weighted by Crippen LogP contribution is -2.49. The Morgan fingerprint density at radius 3 is 2.27 bits per heavy atom. The van der Waals surface area contributed by atoms with Crippen LogP contribution in [0.4, 0.5) is 14.9 Å². The molecule has 8 nitrogen and oxygen atoms in total. The Labute approximate surface area is 264 Å². The van der Waals surface area contributed by atoms with Gasteiger partial charge in [-0.1, -0.05) is 42.5 Å². The number of halogens is 1. The lowest BCUT2D eigenvalue weighted by molar-refractivity contribution is -0.155. The molecule has 1 aliphatic rings. The molecule has 45 heavy (non-hydrogen) atoms. The van der Waals surface area contributed by atoms with E-state index in [1.807, 2.05) is 30.3 Å². The monoisotopic (exact) mass is 615 g/mol. The number of rotatable bonds is 11. The number of amides is 1. The predicted octanol–water partition coefficient (Wildman–Crippen LogP) is 7.23. The van der Waals surface area contributed by atoms with Crippen LogP contribution in [0.3, 0.4) is 0 Å². The van der Waals surface area contributed by atoms with E-state index in [1.54, 1.807) is 52.0 Å². The smallest absolute Gasteiger partial charge is 0.411 e. The maximum absolute atomic E-state index is 13.7. The summed E-state index contributed by atoms with van der Waals surface area (Å²) >= 11 is 0. The first kappa shape index (κ1) is 33.4. The zero-order valence-corrected chi connectivity index (χ0v) is 26.4. The van der Waals surface area contributed by atoms with E-state index in [2.05, 4.69) is 4.99 Å². The number of hydrogen-bond acceptors (Lipinski definition) is 6. The molecule has 0 spiro atoms. The van der Waals surface area contributed by atoms with Gasteiger partial charge in [0, 0.05) is 18.5 Å². The van der Waals surface area contributed by atoms with E-state index < -0.39 is 23.7 Å². The van der Waals surface area contributed by atoms with Crippen molar-refractivity contribution in [2.24, 2.45) is 10.7 Å². The van der Waals surface area contributed by atoms with Crippen molar-refractivity contribution in [2.75, 3.05) is 0 Å². The lowest BCUT2D eigenvalue weighted by Gasteiger charge is -2.33. The van der Waals surface area contributed by atoms with E-state index in [0.717, 1.165) is 36.8 Å². The van der Waals surface area contributed by atoms with E-state index in [1.165, 1.54) is 23.1 Å². The lowest BCUT2D eigenvalue weighted by atomic mass is 10.0. The van der Waals surface area contributed by atoms with Gasteiger partial charge in [0.25, 0.3) is 0 Å². The van der Waals surface area contributed by atoms with Crippen molar-refractivity contribution in [3.63, 3.8) is 0 Å². The Kier molecular flexibility index (Phi) is 11.1. The number of benzene rings is 3. The molecule has 0 heterocycles. The standard InChI is InChI=1S/C36H42FN3O5/c1-24-20-27(16-19-30(24)37)32(41)22-33(38)39-28-17-14-26(15-18-28)23-40(35(43)45-36(2,3)4)31(21-25-10-6-5-7-11-25)34(42)44-29-12-8-9-13-29/h5-7,10-11,14-20,29,31H,8-9,12-13,21-23H2,1-4H3,(H2,38,39). The Morgan fingerprint density at radius 2 is 1.64 bits per heavy atom. The average Bonchev–Trinajstić information content (AvgIpc) is 3.49. The summed E-state index contributed by atoms with van der Waals surface area (Å²) in [6.45, 7) is 7.04. The van der Waals surface area contributed by atoms with Crippen molar-refractivity contribution < 1.29 is 28.2 Å². The minimum absolute atomic E-state index is 0.0913. The number of aliphatic imine (C=N–C) groups is 1. The summed E-state index contributed by atoms with van der Waals surface area (Å²) in [7, 11) is 0. The molecule has 1 atom stereocenters. The third-order valence-corrected chi connectivity index (χ3v) is 7.52. The second kappa shape index (κ2) is 15.0. The van der Waals surface area contributed by atoms with Gasteiger partial charge in [0.05, 0.1) is 12.1 Å². The maximum Gasteiger partial charge on any atom is 0.411 e. The highest BCUT2D eigenvalue weighted by molar-refractivity contribution is 6.09. The number of carbonyl (C=O) groups is 3. The highest BCUT2D eigenvalue weighted by atomic mass is 19.1. The van der Waals surface area contributed by atoms with Crippen molar-refractivity contribution in [1.82, 2.24) is 4.90 Å². The van der Waals surface area contributed by atoms with E-state index >= 15 is 0 Å². The fourth-order valence-electron chi connectivity index (χ4n) is 5.19. The quantitative estimate of drug-likeness (QED) is 0.105. The molecular formula is C36H42FN3O5. The Balaban J connectivity index is 1.54. The van der Waals surface area contributed by atoms with Gasteiger partial charge in [0.15, 0.2) is 5.78 Å². The second-order valence-corrected chi connectivity index (χ2v) is 12.5. The number of ether oxygens (including phenoxy) is 2. The number of esters is 1. The van der Waals surface area contributed by atoms with Crippen LogP contribution in [-0.4, -0.2) is 46.3 Å². The van der Waals surface area contributed by atoms with Gasteiger partial charge in [-0.25, -0.2) is 19.0 Å². The van der Waals surface area contributed by atoms with Gasteiger partial charge in [-0.15, -0.1) is 0 Å². The normalized spacial score (nSPS) is 14.6. The van der Waals surface area contributed by atoms with Crippen LogP contribution in [0.25, 0.3) is 0 Å². The third kappa shape index (κ3) is 9.99. The zero-order valence-electron chi connectivity index (χ0n) is 26.4. The summed E-state index contributed by atoms with van der Waals surface area (Å²) in [5.74, 6) is -0.983. The van der Waals surface area contributed by atoms with E-state index in [0.29, 0.717) is 16.8 Å². The number of ketones is 1. The Bertz CT molecular complexity index is 1510. The molecule has 238 valence electrons. The summed E-state index contributed by atoms with van der Waals surface area (Å²) in [4.78, 5) is 45.7. The molecule has 0 aliphatic heterocycles. The number of hydrogen-bond donors (Lipinski definition) is 1.